The first-order valence-electron chi connectivity index (χ1n) is 6.32. The van der Waals surface area contributed by atoms with E-state index in [9.17, 15) is 9.90 Å². The lowest BCUT2D eigenvalue weighted by molar-refractivity contribution is -0.249. The van der Waals surface area contributed by atoms with Crippen molar-refractivity contribution < 1.29 is 24.1 Å². The van der Waals surface area contributed by atoms with E-state index in [2.05, 4.69) is 0 Å². The monoisotopic (exact) mass is 386 g/mol. The molecule has 0 saturated heterocycles. The largest absolute Gasteiger partial charge is 0.466 e. The molecule has 0 bridgehead atoms. The molecule has 1 aromatic rings. The summed E-state index contributed by atoms with van der Waals surface area (Å²) < 4.78 is 16.1. The highest BCUT2D eigenvalue weighted by Crippen LogP contribution is 2.58. The van der Waals surface area contributed by atoms with Gasteiger partial charge in [0.2, 0.25) is 0 Å². The van der Waals surface area contributed by atoms with Gasteiger partial charge in [-0.3, -0.25) is 0 Å². The molecule has 22 heavy (non-hydrogen) atoms. The maximum absolute atomic E-state index is 12.2. The van der Waals surface area contributed by atoms with E-state index in [-0.39, 0.29) is 44.4 Å². The second-order valence-corrected chi connectivity index (χ2v) is 6.59. The lowest BCUT2D eigenvalue weighted by Crippen LogP contribution is -2.64. The highest BCUT2D eigenvalue weighted by molar-refractivity contribution is 6.53. The Labute approximate surface area is 145 Å². The molecule has 1 aromatic carbocycles. The van der Waals surface area contributed by atoms with Crippen LogP contribution in [0.3, 0.4) is 0 Å². The number of benzene rings is 1. The SMILES string of the molecule is COC(=O)[C@@]12CCC[C@]1(O)Oc1c(Cl)c(Cl)c(Cl)c(Cl)c1O2. The van der Waals surface area contributed by atoms with Crippen LogP contribution in [0.1, 0.15) is 19.3 Å². The molecule has 2 aliphatic rings. The summed E-state index contributed by atoms with van der Waals surface area (Å²) in [6, 6.07) is 0. The molecule has 0 unspecified atom stereocenters. The number of ether oxygens (including phenoxy) is 3. The molecule has 1 aliphatic heterocycles. The second-order valence-electron chi connectivity index (χ2n) is 5.07. The molecule has 1 heterocycles. The van der Waals surface area contributed by atoms with Crippen LogP contribution in [0, 0.1) is 0 Å². The fourth-order valence-electron chi connectivity index (χ4n) is 2.82. The number of aliphatic hydroxyl groups is 1. The van der Waals surface area contributed by atoms with Gasteiger partial charge in [-0.1, -0.05) is 46.4 Å². The van der Waals surface area contributed by atoms with Crippen LogP contribution in [-0.2, 0) is 9.53 Å². The standard InChI is InChI=1S/C13H10Cl4O5/c1-20-11(18)12-3-2-4-13(12,19)22-10-8(17)6(15)5(14)7(16)9(10)21-12/h19H,2-4H2,1H3/t12-,13-/m0/s1. The minimum Gasteiger partial charge on any atom is -0.466 e. The Bertz CT molecular complexity index is 679. The number of carbonyl (C=O) groups excluding carboxylic acids is 1. The predicted molar refractivity (Wildman–Crippen MR) is 81.3 cm³/mol. The van der Waals surface area contributed by atoms with E-state index in [4.69, 9.17) is 60.6 Å². The molecule has 120 valence electrons. The van der Waals surface area contributed by atoms with Crippen molar-refractivity contribution in [2.75, 3.05) is 7.11 Å². The highest BCUT2D eigenvalue weighted by atomic mass is 35.5. The van der Waals surface area contributed by atoms with Crippen LogP contribution < -0.4 is 9.47 Å². The molecule has 1 saturated carbocycles. The predicted octanol–water partition coefficient (Wildman–Crippen LogP) is 3.86. The van der Waals surface area contributed by atoms with Gasteiger partial charge in [-0.25, -0.2) is 4.79 Å². The van der Waals surface area contributed by atoms with Gasteiger partial charge in [0.1, 0.15) is 10.0 Å². The van der Waals surface area contributed by atoms with E-state index in [1.54, 1.807) is 0 Å². The summed E-state index contributed by atoms with van der Waals surface area (Å²) in [5.41, 5.74) is -1.72. The summed E-state index contributed by atoms with van der Waals surface area (Å²) in [6.07, 6.45) is 0.843. The number of hydrogen-bond acceptors (Lipinski definition) is 5. The maximum atomic E-state index is 12.2. The van der Waals surface area contributed by atoms with Gasteiger partial charge in [0.05, 0.1) is 17.2 Å². The molecule has 0 spiro atoms. The van der Waals surface area contributed by atoms with Gasteiger partial charge in [-0.2, -0.15) is 0 Å². The van der Waals surface area contributed by atoms with Gasteiger partial charge >= 0.3 is 5.97 Å². The van der Waals surface area contributed by atoms with E-state index in [0.717, 1.165) is 0 Å². The van der Waals surface area contributed by atoms with Gasteiger partial charge in [0, 0.05) is 12.8 Å². The Balaban J connectivity index is 2.24. The van der Waals surface area contributed by atoms with Crippen molar-refractivity contribution >= 4 is 52.4 Å². The Kier molecular flexibility index (Phi) is 3.86. The molecule has 1 N–H and O–H groups in total. The molecule has 2 atom stereocenters. The Morgan fingerprint density at radius 2 is 1.59 bits per heavy atom. The topological polar surface area (TPSA) is 65.0 Å². The lowest BCUT2D eigenvalue weighted by atomic mass is 9.94. The average Bonchev–Trinajstić information content (AvgIpc) is 2.85. The summed E-state index contributed by atoms with van der Waals surface area (Å²) in [7, 11) is 1.19. The number of methoxy groups -OCH3 is 1. The fourth-order valence-corrected chi connectivity index (χ4v) is 3.72. The lowest BCUT2D eigenvalue weighted by Gasteiger charge is -2.44. The molecule has 0 aromatic heterocycles. The van der Waals surface area contributed by atoms with Crippen molar-refractivity contribution in [2.24, 2.45) is 0 Å². The summed E-state index contributed by atoms with van der Waals surface area (Å²) in [5.74, 6) is -2.78. The van der Waals surface area contributed by atoms with Crippen molar-refractivity contribution in [1.29, 1.82) is 0 Å². The summed E-state index contributed by atoms with van der Waals surface area (Å²) >= 11 is 24.2. The van der Waals surface area contributed by atoms with Gasteiger partial charge in [0.15, 0.2) is 11.5 Å². The third kappa shape index (κ3) is 1.93. The number of fused-ring (bicyclic) bond motifs is 2. The molecule has 5 nitrogen and oxygen atoms in total. The quantitative estimate of drug-likeness (QED) is 0.450. The van der Waals surface area contributed by atoms with Gasteiger partial charge in [-0.05, 0) is 6.42 Å². The average molecular weight is 388 g/mol. The maximum Gasteiger partial charge on any atom is 0.357 e. The number of esters is 1. The van der Waals surface area contributed by atoms with Crippen LogP contribution in [-0.4, -0.2) is 29.6 Å². The van der Waals surface area contributed by atoms with Crippen LogP contribution in [0.5, 0.6) is 11.5 Å². The number of halogens is 4. The normalized spacial score (nSPS) is 29.2. The zero-order chi connectivity index (χ0) is 16.3. The van der Waals surface area contributed by atoms with Crippen LogP contribution in [0.15, 0.2) is 0 Å². The molecule has 0 amide bonds. The molecule has 1 fully saturated rings. The van der Waals surface area contributed by atoms with Crippen molar-refractivity contribution in [1.82, 2.24) is 0 Å². The molecule has 1 aliphatic carbocycles. The van der Waals surface area contributed by atoms with Crippen LogP contribution in [0.25, 0.3) is 0 Å². The molecular weight excluding hydrogens is 378 g/mol. The van der Waals surface area contributed by atoms with Gasteiger partial charge < -0.3 is 19.3 Å². The van der Waals surface area contributed by atoms with Gasteiger partial charge in [0.25, 0.3) is 11.4 Å². The van der Waals surface area contributed by atoms with E-state index < -0.39 is 17.4 Å². The van der Waals surface area contributed by atoms with E-state index in [0.29, 0.717) is 6.42 Å². The zero-order valence-electron chi connectivity index (χ0n) is 11.2. The molecular formula is C13H10Cl4O5. The molecule has 0 radical (unpaired) electrons. The summed E-state index contributed by atoms with van der Waals surface area (Å²) in [6.45, 7) is 0. The summed E-state index contributed by atoms with van der Waals surface area (Å²) in [4.78, 5) is 12.2. The van der Waals surface area contributed by atoms with Crippen LogP contribution in [0.4, 0.5) is 0 Å². The van der Waals surface area contributed by atoms with E-state index in [1.165, 1.54) is 7.11 Å². The summed E-state index contributed by atoms with van der Waals surface area (Å²) in [5, 5.41) is 10.6. The Morgan fingerprint density at radius 3 is 2.14 bits per heavy atom. The number of hydrogen-bond donors (Lipinski definition) is 1. The third-order valence-corrected chi connectivity index (χ3v) is 5.69. The second kappa shape index (κ2) is 5.21. The van der Waals surface area contributed by atoms with E-state index >= 15 is 0 Å². The minimum absolute atomic E-state index is 0.0251. The number of rotatable bonds is 1. The highest BCUT2D eigenvalue weighted by Gasteiger charge is 2.68. The first-order valence-corrected chi connectivity index (χ1v) is 7.83. The van der Waals surface area contributed by atoms with E-state index in [1.807, 2.05) is 0 Å². The zero-order valence-corrected chi connectivity index (χ0v) is 14.2. The number of carbonyl (C=O) groups is 1. The van der Waals surface area contributed by atoms with Crippen molar-refractivity contribution in [3.63, 3.8) is 0 Å². The van der Waals surface area contributed by atoms with Crippen LogP contribution >= 0.6 is 46.4 Å². The first kappa shape index (κ1) is 16.3. The van der Waals surface area contributed by atoms with Crippen molar-refractivity contribution in [3.05, 3.63) is 20.1 Å². The molecule has 9 heteroatoms. The minimum atomic E-state index is -1.92. The van der Waals surface area contributed by atoms with Gasteiger partial charge in [-0.15, -0.1) is 0 Å². The molecule has 3 rings (SSSR count). The van der Waals surface area contributed by atoms with Crippen molar-refractivity contribution in [2.45, 2.75) is 30.7 Å². The Hall–Kier alpha value is -0.590. The van der Waals surface area contributed by atoms with Crippen LogP contribution in [0.2, 0.25) is 20.1 Å². The smallest absolute Gasteiger partial charge is 0.357 e. The Morgan fingerprint density at radius 1 is 1.05 bits per heavy atom. The van der Waals surface area contributed by atoms with Crippen molar-refractivity contribution in [3.8, 4) is 11.5 Å². The first-order chi connectivity index (χ1) is 10.3. The third-order valence-electron chi connectivity index (χ3n) is 3.92. The fraction of sp³-hybridized carbons (Fsp3) is 0.462.